The molecule has 0 radical (unpaired) electrons. The summed E-state index contributed by atoms with van der Waals surface area (Å²) in [7, 11) is 0. The van der Waals surface area contributed by atoms with E-state index in [0.717, 1.165) is 6.07 Å². The predicted molar refractivity (Wildman–Crippen MR) is 63.2 cm³/mol. The summed E-state index contributed by atoms with van der Waals surface area (Å²) < 4.78 is 26.2. The Kier molecular flexibility index (Phi) is 3.06. The van der Waals surface area contributed by atoms with Gasteiger partial charge in [-0.25, -0.2) is 8.78 Å². The highest BCUT2D eigenvalue weighted by molar-refractivity contribution is 5.49. The zero-order valence-electron chi connectivity index (χ0n) is 8.87. The highest BCUT2D eigenvalue weighted by Gasteiger charge is 2.04. The molecule has 0 aromatic heterocycles. The van der Waals surface area contributed by atoms with Gasteiger partial charge >= 0.3 is 0 Å². The Morgan fingerprint density at radius 3 is 2.47 bits per heavy atom. The number of nitrogens with two attached hydrogens (primary N) is 1. The molecule has 84 valence electrons. The van der Waals surface area contributed by atoms with Crippen molar-refractivity contribution in [1.82, 2.24) is 0 Å². The first-order valence-corrected chi connectivity index (χ1v) is 4.98. The smallest absolute Gasteiger partial charge is 0.174 e. The van der Waals surface area contributed by atoms with Crippen LogP contribution in [-0.2, 0) is 0 Å². The van der Waals surface area contributed by atoms with Crippen LogP contribution in [0, 0.1) is 23.5 Å². The Bertz CT molecular complexity index is 609. The van der Waals surface area contributed by atoms with Crippen LogP contribution in [0.15, 0.2) is 42.5 Å². The summed E-state index contributed by atoms with van der Waals surface area (Å²) in [5, 5.41) is 0. The Balaban J connectivity index is 2.36. The standard InChI is InChI=1S/C14H9F2N/c15-13-6-2-4-11(14(13)16)8-7-10-3-1-5-12(17)9-10/h1-6,9H,17H2. The highest BCUT2D eigenvalue weighted by Crippen LogP contribution is 2.10. The minimum atomic E-state index is -0.927. The van der Waals surface area contributed by atoms with E-state index < -0.39 is 11.6 Å². The van der Waals surface area contributed by atoms with Crippen molar-refractivity contribution in [2.75, 3.05) is 5.73 Å². The van der Waals surface area contributed by atoms with Crippen molar-refractivity contribution >= 4 is 5.69 Å². The lowest BCUT2D eigenvalue weighted by atomic mass is 10.1. The maximum atomic E-state index is 13.3. The Labute approximate surface area is 97.9 Å². The lowest BCUT2D eigenvalue weighted by Gasteiger charge is -1.95. The Morgan fingerprint density at radius 1 is 0.941 bits per heavy atom. The van der Waals surface area contributed by atoms with Gasteiger partial charge in [-0.05, 0) is 30.3 Å². The molecule has 0 aliphatic rings. The zero-order chi connectivity index (χ0) is 12.3. The fourth-order valence-electron chi connectivity index (χ4n) is 1.36. The molecule has 0 fully saturated rings. The van der Waals surface area contributed by atoms with Gasteiger partial charge in [0.05, 0.1) is 5.56 Å². The average molecular weight is 229 g/mol. The molecular weight excluding hydrogens is 220 g/mol. The molecule has 0 saturated carbocycles. The second-order valence-electron chi connectivity index (χ2n) is 3.48. The molecular formula is C14H9F2N. The topological polar surface area (TPSA) is 26.0 Å². The van der Waals surface area contributed by atoms with Gasteiger partial charge in [0.1, 0.15) is 0 Å². The van der Waals surface area contributed by atoms with Crippen LogP contribution in [0.25, 0.3) is 0 Å². The molecule has 0 aliphatic heterocycles. The summed E-state index contributed by atoms with van der Waals surface area (Å²) in [6.45, 7) is 0. The first-order valence-electron chi connectivity index (χ1n) is 4.98. The maximum absolute atomic E-state index is 13.3. The summed E-state index contributed by atoms with van der Waals surface area (Å²) in [6.07, 6.45) is 0. The monoisotopic (exact) mass is 229 g/mol. The van der Waals surface area contributed by atoms with Crippen molar-refractivity contribution in [1.29, 1.82) is 0 Å². The van der Waals surface area contributed by atoms with E-state index in [-0.39, 0.29) is 5.56 Å². The third kappa shape index (κ3) is 2.61. The average Bonchev–Trinajstić information content (AvgIpc) is 2.31. The molecule has 17 heavy (non-hydrogen) atoms. The molecule has 3 heteroatoms. The third-order valence-electron chi connectivity index (χ3n) is 2.18. The number of benzene rings is 2. The second-order valence-corrected chi connectivity index (χ2v) is 3.48. The van der Waals surface area contributed by atoms with Crippen LogP contribution in [-0.4, -0.2) is 0 Å². The van der Waals surface area contributed by atoms with Crippen LogP contribution in [0.1, 0.15) is 11.1 Å². The van der Waals surface area contributed by atoms with Crippen LogP contribution in [0.3, 0.4) is 0 Å². The van der Waals surface area contributed by atoms with E-state index in [2.05, 4.69) is 11.8 Å². The number of nitrogen functional groups attached to an aromatic ring is 1. The first kappa shape index (κ1) is 11.2. The van der Waals surface area contributed by atoms with Crippen molar-refractivity contribution in [3.63, 3.8) is 0 Å². The minimum absolute atomic E-state index is 0.0347. The maximum Gasteiger partial charge on any atom is 0.174 e. The molecule has 0 atom stereocenters. The Hall–Kier alpha value is -2.34. The van der Waals surface area contributed by atoms with E-state index in [1.54, 1.807) is 24.3 Å². The molecule has 0 unspecified atom stereocenters. The second kappa shape index (κ2) is 4.67. The lowest BCUT2D eigenvalue weighted by molar-refractivity contribution is 0.506. The van der Waals surface area contributed by atoms with E-state index in [1.165, 1.54) is 12.1 Å². The van der Waals surface area contributed by atoms with Crippen molar-refractivity contribution in [3.05, 3.63) is 65.2 Å². The van der Waals surface area contributed by atoms with Crippen LogP contribution in [0.2, 0.25) is 0 Å². The molecule has 0 spiro atoms. The van der Waals surface area contributed by atoms with Gasteiger partial charge in [0.25, 0.3) is 0 Å². The zero-order valence-corrected chi connectivity index (χ0v) is 8.87. The van der Waals surface area contributed by atoms with Crippen LogP contribution >= 0.6 is 0 Å². The Morgan fingerprint density at radius 2 is 1.71 bits per heavy atom. The van der Waals surface area contributed by atoms with Crippen molar-refractivity contribution in [3.8, 4) is 11.8 Å². The van der Waals surface area contributed by atoms with Crippen LogP contribution in [0.5, 0.6) is 0 Å². The summed E-state index contributed by atoms with van der Waals surface area (Å²) in [5.74, 6) is 3.48. The summed E-state index contributed by atoms with van der Waals surface area (Å²) in [4.78, 5) is 0. The van der Waals surface area contributed by atoms with Gasteiger partial charge in [-0.15, -0.1) is 0 Å². The number of hydrogen-bond acceptors (Lipinski definition) is 1. The summed E-state index contributed by atoms with van der Waals surface area (Å²) >= 11 is 0. The van der Waals surface area contributed by atoms with E-state index >= 15 is 0 Å². The van der Waals surface area contributed by atoms with E-state index in [9.17, 15) is 8.78 Å². The van der Waals surface area contributed by atoms with Crippen LogP contribution in [0.4, 0.5) is 14.5 Å². The van der Waals surface area contributed by atoms with Crippen molar-refractivity contribution in [2.24, 2.45) is 0 Å². The van der Waals surface area contributed by atoms with E-state index in [0.29, 0.717) is 11.3 Å². The fourth-order valence-corrected chi connectivity index (χ4v) is 1.36. The van der Waals surface area contributed by atoms with Gasteiger partial charge in [-0.3, -0.25) is 0 Å². The fraction of sp³-hybridized carbons (Fsp3) is 0. The van der Waals surface area contributed by atoms with Gasteiger partial charge in [0.2, 0.25) is 0 Å². The number of rotatable bonds is 0. The molecule has 0 amide bonds. The normalized spacial score (nSPS) is 9.53. The van der Waals surface area contributed by atoms with E-state index in [4.69, 9.17) is 5.73 Å². The summed E-state index contributed by atoms with van der Waals surface area (Å²) in [6, 6.07) is 10.8. The molecule has 2 aromatic rings. The van der Waals surface area contributed by atoms with Gasteiger partial charge in [0, 0.05) is 11.3 Å². The number of hydrogen-bond donors (Lipinski definition) is 1. The SMILES string of the molecule is Nc1cccc(C#Cc2cccc(F)c2F)c1. The molecule has 0 bridgehead atoms. The van der Waals surface area contributed by atoms with Crippen molar-refractivity contribution in [2.45, 2.75) is 0 Å². The third-order valence-corrected chi connectivity index (χ3v) is 2.18. The van der Waals surface area contributed by atoms with E-state index in [1.807, 2.05) is 0 Å². The van der Waals surface area contributed by atoms with Crippen molar-refractivity contribution < 1.29 is 8.78 Å². The van der Waals surface area contributed by atoms with Gasteiger partial charge in [0.15, 0.2) is 11.6 Å². The molecule has 0 heterocycles. The van der Waals surface area contributed by atoms with Gasteiger partial charge in [-0.1, -0.05) is 24.0 Å². The quantitative estimate of drug-likeness (QED) is 0.545. The minimum Gasteiger partial charge on any atom is -0.399 e. The molecule has 1 nitrogen and oxygen atoms in total. The summed E-state index contributed by atoms with van der Waals surface area (Å²) in [5.41, 5.74) is 6.86. The lowest BCUT2D eigenvalue weighted by Crippen LogP contribution is -1.88. The highest BCUT2D eigenvalue weighted by atomic mass is 19.2. The molecule has 0 saturated heterocycles. The number of halogens is 2. The van der Waals surface area contributed by atoms with Gasteiger partial charge < -0.3 is 5.73 Å². The largest absolute Gasteiger partial charge is 0.399 e. The number of anilines is 1. The molecule has 2 aromatic carbocycles. The predicted octanol–water partition coefficient (Wildman–Crippen LogP) is 2.95. The molecule has 0 aliphatic carbocycles. The first-order chi connectivity index (χ1) is 8.16. The molecule has 2 N–H and O–H groups in total. The van der Waals surface area contributed by atoms with Crippen LogP contribution < -0.4 is 5.73 Å². The van der Waals surface area contributed by atoms with Gasteiger partial charge in [-0.2, -0.15) is 0 Å². The molecule has 2 rings (SSSR count).